The fourth-order valence-electron chi connectivity index (χ4n) is 4.41. The molecule has 0 radical (unpaired) electrons. The van der Waals surface area contributed by atoms with Crippen LogP contribution in [0.5, 0.6) is 0 Å². The molecule has 41 heavy (non-hydrogen) atoms. The van der Waals surface area contributed by atoms with Gasteiger partial charge in [0.05, 0.1) is 10.0 Å². The van der Waals surface area contributed by atoms with E-state index in [9.17, 15) is 18.0 Å². The molecule has 15 heteroatoms. The SMILES string of the molecule is CC1=C(c2ncnn2-c2cccc(Cl)n2)[C@@H](c2ccc(Cl)c(Cl)c2)n2nc(C(F)(F)F)cc2N1C(=O)OC(C)(C)C. The summed E-state index contributed by atoms with van der Waals surface area (Å²) in [5.41, 5.74) is -1.26. The highest BCUT2D eigenvalue weighted by Crippen LogP contribution is 2.46. The molecule has 1 amide bonds. The Hall–Kier alpha value is -3.61. The van der Waals surface area contributed by atoms with Crippen LogP contribution in [-0.2, 0) is 10.9 Å². The maximum Gasteiger partial charge on any atom is 0.435 e. The number of hydrogen-bond donors (Lipinski definition) is 0. The van der Waals surface area contributed by atoms with Crippen LogP contribution in [0.15, 0.2) is 54.5 Å². The lowest BCUT2D eigenvalue weighted by atomic mass is 9.94. The maximum absolute atomic E-state index is 14.0. The summed E-state index contributed by atoms with van der Waals surface area (Å²) in [7, 11) is 0. The second kappa shape index (κ2) is 10.3. The van der Waals surface area contributed by atoms with E-state index in [2.05, 4.69) is 20.2 Å². The zero-order valence-electron chi connectivity index (χ0n) is 21.9. The summed E-state index contributed by atoms with van der Waals surface area (Å²) in [6.07, 6.45) is -4.48. The topological polar surface area (TPSA) is 91.0 Å². The normalized spacial score (nSPS) is 15.8. The van der Waals surface area contributed by atoms with Gasteiger partial charge in [-0.2, -0.15) is 28.1 Å². The van der Waals surface area contributed by atoms with E-state index in [0.29, 0.717) is 5.56 Å². The molecule has 0 unspecified atom stereocenters. The highest BCUT2D eigenvalue weighted by Gasteiger charge is 2.44. The van der Waals surface area contributed by atoms with E-state index >= 15 is 0 Å². The molecular weight excluding hydrogens is 606 g/mol. The smallest absolute Gasteiger partial charge is 0.435 e. The van der Waals surface area contributed by atoms with Crippen LogP contribution >= 0.6 is 34.8 Å². The van der Waals surface area contributed by atoms with Gasteiger partial charge in [-0.25, -0.2) is 24.3 Å². The average molecular weight is 627 g/mol. The lowest BCUT2D eigenvalue weighted by molar-refractivity contribution is -0.141. The minimum absolute atomic E-state index is 0.164. The van der Waals surface area contributed by atoms with Crippen molar-refractivity contribution in [3.05, 3.63) is 86.8 Å². The number of allylic oxidation sites excluding steroid dienone is 2. The van der Waals surface area contributed by atoms with E-state index in [1.165, 1.54) is 23.1 Å². The van der Waals surface area contributed by atoms with E-state index in [4.69, 9.17) is 39.5 Å². The first-order valence-corrected chi connectivity index (χ1v) is 13.2. The summed E-state index contributed by atoms with van der Waals surface area (Å²) in [5.74, 6) is 0.275. The molecule has 3 aromatic heterocycles. The summed E-state index contributed by atoms with van der Waals surface area (Å²) >= 11 is 18.6. The highest BCUT2D eigenvalue weighted by atomic mass is 35.5. The van der Waals surface area contributed by atoms with Gasteiger partial charge in [0.1, 0.15) is 28.9 Å². The van der Waals surface area contributed by atoms with E-state index in [1.807, 2.05) is 0 Å². The molecule has 1 aromatic carbocycles. The Kier molecular flexibility index (Phi) is 7.29. The Morgan fingerprint density at radius 1 is 1.02 bits per heavy atom. The van der Waals surface area contributed by atoms with Crippen LogP contribution in [0.2, 0.25) is 15.2 Å². The van der Waals surface area contributed by atoms with Gasteiger partial charge < -0.3 is 4.74 Å². The van der Waals surface area contributed by atoms with Gasteiger partial charge in [0.2, 0.25) is 0 Å². The molecule has 0 N–H and O–H groups in total. The number of pyridine rings is 1. The summed E-state index contributed by atoms with van der Waals surface area (Å²) in [6.45, 7) is 6.51. The van der Waals surface area contributed by atoms with Gasteiger partial charge in [-0.1, -0.05) is 46.9 Å². The summed E-state index contributed by atoms with van der Waals surface area (Å²) in [4.78, 5) is 23.3. The van der Waals surface area contributed by atoms with Gasteiger partial charge in [-0.3, -0.25) is 0 Å². The van der Waals surface area contributed by atoms with Crippen LogP contribution in [0.3, 0.4) is 0 Å². The Labute approximate surface area is 247 Å². The van der Waals surface area contributed by atoms with E-state index < -0.39 is 29.6 Å². The zero-order valence-corrected chi connectivity index (χ0v) is 24.2. The van der Waals surface area contributed by atoms with Crippen LogP contribution in [0.25, 0.3) is 11.4 Å². The molecule has 1 atom stereocenters. The maximum atomic E-state index is 14.0. The molecule has 0 bridgehead atoms. The zero-order chi connectivity index (χ0) is 29.9. The first-order chi connectivity index (χ1) is 19.2. The summed E-state index contributed by atoms with van der Waals surface area (Å²) in [5, 5.41) is 8.78. The molecule has 0 fully saturated rings. The quantitative estimate of drug-likeness (QED) is 0.217. The van der Waals surface area contributed by atoms with E-state index in [-0.39, 0.29) is 43.9 Å². The number of alkyl halides is 3. The van der Waals surface area contributed by atoms with Crippen LogP contribution in [0, 0.1) is 0 Å². The number of fused-ring (bicyclic) bond motifs is 1. The van der Waals surface area contributed by atoms with Crippen molar-refractivity contribution in [3.63, 3.8) is 0 Å². The number of halogens is 6. The molecule has 5 rings (SSSR count). The molecule has 9 nitrogen and oxygen atoms in total. The molecule has 1 aliphatic heterocycles. The van der Waals surface area contributed by atoms with Crippen molar-refractivity contribution in [3.8, 4) is 5.82 Å². The van der Waals surface area contributed by atoms with E-state index in [0.717, 1.165) is 15.6 Å². The van der Waals surface area contributed by atoms with Crippen LogP contribution in [0.1, 0.15) is 50.8 Å². The number of amides is 1. The van der Waals surface area contributed by atoms with Gasteiger partial charge in [0, 0.05) is 17.3 Å². The van der Waals surface area contributed by atoms with Crippen molar-refractivity contribution in [2.45, 2.75) is 45.5 Å². The molecule has 0 spiro atoms. The lowest BCUT2D eigenvalue weighted by Gasteiger charge is -2.36. The number of ether oxygens (including phenoxy) is 1. The molecule has 0 saturated heterocycles. The third kappa shape index (κ3) is 5.51. The van der Waals surface area contributed by atoms with Crippen LogP contribution in [0.4, 0.5) is 23.8 Å². The number of aromatic nitrogens is 6. The van der Waals surface area contributed by atoms with Crippen molar-refractivity contribution < 1.29 is 22.7 Å². The monoisotopic (exact) mass is 625 g/mol. The van der Waals surface area contributed by atoms with Crippen LogP contribution in [-0.4, -0.2) is 41.2 Å². The number of carbonyl (C=O) groups excluding carboxylic acids is 1. The van der Waals surface area contributed by atoms with Crippen molar-refractivity contribution in [2.24, 2.45) is 0 Å². The number of benzene rings is 1. The number of rotatable bonds is 3. The fourth-order valence-corrected chi connectivity index (χ4v) is 4.88. The minimum atomic E-state index is -4.81. The number of carbonyl (C=O) groups is 1. The van der Waals surface area contributed by atoms with Crippen molar-refractivity contribution >= 4 is 52.3 Å². The second-order valence-corrected chi connectivity index (χ2v) is 11.2. The molecule has 4 heterocycles. The summed E-state index contributed by atoms with van der Waals surface area (Å²) < 4.78 is 50.0. The van der Waals surface area contributed by atoms with Crippen LogP contribution < -0.4 is 4.90 Å². The first-order valence-electron chi connectivity index (χ1n) is 12.0. The lowest BCUT2D eigenvalue weighted by Crippen LogP contribution is -2.41. The Morgan fingerprint density at radius 2 is 1.76 bits per heavy atom. The Balaban J connectivity index is 1.83. The third-order valence-corrected chi connectivity index (χ3v) is 6.97. The molecule has 214 valence electrons. The van der Waals surface area contributed by atoms with Crippen molar-refractivity contribution in [2.75, 3.05) is 4.90 Å². The minimum Gasteiger partial charge on any atom is -0.443 e. The second-order valence-electron chi connectivity index (χ2n) is 10.0. The molecule has 0 aliphatic carbocycles. The van der Waals surface area contributed by atoms with Crippen molar-refractivity contribution in [1.82, 2.24) is 29.5 Å². The molecule has 0 saturated carbocycles. The predicted octanol–water partition coefficient (Wildman–Crippen LogP) is 7.61. The largest absolute Gasteiger partial charge is 0.443 e. The standard InChI is InChI=1S/C26H21Cl3F3N7O2/c1-13-21(23-33-12-34-38(23)19-7-5-6-18(29)35-19)22(14-8-9-15(27)16(28)10-14)39-20(11-17(36-39)26(30,31)32)37(13)24(40)41-25(2,3)4/h5-12,22H,1-4H3/t22-/m1/s1. The Bertz CT molecular complexity index is 1690. The van der Waals surface area contributed by atoms with E-state index in [1.54, 1.807) is 52.0 Å². The highest BCUT2D eigenvalue weighted by molar-refractivity contribution is 6.42. The van der Waals surface area contributed by atoms with Gasteiger partial charge in [0.15, 0.2) is 17.3 Å². The van der Waals surface area contributed by atoms with Gasteiger partial charge >= 0.3 is 12.3 Å². The van der Waals surface area contributed by atoms with Gasteiger partial charge in [-0.15, -0.1) is 0 Å². The number of nitrogens with zero attached hydrogens (tertiary/aromatic N) is 7. The summed E-state index contributed by atoms with van der Waals surface area (Å²) in [6, 6.07) is 9.23. The first kappa shape index (κ1) is 28.9. The Morgan fingerprint density at radius 3 is 2.39 bits per heavy atom. The predicted molar refractivity (Wildman–Crippen MR) is 147 cm³/mol. The average Bonchev–Trinajstić information content (AvgIpc) is 3.51. The molecule has 4 aromatic rings. The molecular formula is C26H21Cl3F3N7O2. The van der Waals surface area contributed by atoms with Crippen molar-refractivity contribution in [1.29, 1.82) is 0 Å². The van der Waals surface area contributed by atoms with Gasteiger partial charge in [0.25, 0.3) is 0 Å². The third-order valence-electron chi connectivity index (χ3n) is 6.02. The molecule has 1 aliphatic rings. The fraction of sp³-hybridized carbons (Fsp3) is 0.269. The van der Waals surface area contributed by atoms with Gasteiger partial charge in [-0.05, 0) is 57.5 Å². The number of anilines is 1. The number of hydrogen-bond acceptors (Lipinski definition) is 6.